The molecule has 2 aromatic rings. The second-order valence-corrected chi connectivity index (χ2v) is 10.1. The van der Waals surface area contributed by atoms with Crippen molar-refractivity contribution in [3.63, 3.8) is 0 Å². The third kappa shape index (κ3) is 3.52. The number of benzene rings is 2. The summed E-state index contributed by atoms with van der Waals surface area (Å²) in [5.41, 5.74) is 3.66. The van der Waals surface area contributed by atoms with Crippen molar-refractivity contribution >= 4 is 46.7 Å². The van der Waals surface area contributed by atoms with Crippen molar-refractivity contribution in [1.82, 2.24) is 20.2 Å². The number of hydrogen-bond acceptors (Lipinski definition) is 5. The Bertz CT molecular complexity index is 1210. The van der Waals surface area contributed by atoms with Gasteiger partial charge in [-0.15, -0.1) is 0 Å². The molecule has 34 heavy (non-hydrogen) atoms. The lowest BCUT2D eigenvalue weighted by molar-refractivity contribution is -0.123. The van der Waals surface area contributed by atoms with Crippen molar-refractivity contribution in [3.05, 3.63) is 63.1 Å². The quantitative estimate of drug-likeness (QED) is 0.698. The number of carbonyl (C=O) groups is 3. The van der Waals surface area contributed by atoms with Crippen molar-refractivity contribution in [2.24, 2.45) is 0 Å². The number of nitrogens with zero attached hydrogens (tertiary/aromatic N) is 4. The number of nitrogens with one attached hydrogen (secondary N) is 1. The largest absolute Gasteiger partial charge is 0.367 e. The average molecular weight is 500 g/mol. The van der Waals surface area contributed by atoms with Crippen LogP contribution in [0.4, 0.5) is 10.5 Å². The number of rotatable bonds is 4. The lowest BCUT2D eigenvalue weighted by Crippen LogP contribution is -2.68. The Hall–Kier alpha value is -2.81. The van der Waals surface area contributed by atoms with E-state index in [1.807, 2.05) is 24.3 Å². The standard InChI is InChI=1S/C24H23Cl2N5O3/c25-19-2-1-3-20(22(19)26)28-12-16-9-17(13-28)29(16)10-14-4-5-18-15(8-14)11-31(23(18)33)30-7-6-21(32)27-24(30)34/h1-5,8,16-17H,6-7,9-13H2,(H,27,32,34). The molecule has 0 aliphatic carbocycles. The number of imide groups is 1. The molecule has 1 N–H and O–H groups in total. The van der Waals surface area contributed by atoms with Gasteiger partial charge in [0.2, 0.25) is 5.91 Å². The predicted molar refractivity (Wildman–Crippen MR) is 128 cm³/mol. The maximum Gasteiger partial charge on any atom is 0.342 e. The second kappa shape index (κ2) is 8.15. The Morgan fingerprint density at radius 3 is 2.56 bits per heavy atom. The van der Waals surface area contributed by atoms with Crippen LogP contribution in [0.2, 0.25) is 10.0 Å². The van der Waals surface area contributed by atoms with Crippen molar-refractivity contribution in [1.29, 1.82) is 0 Å². The average Bonchev–Trinajstić information content (AvgIpc) is 3.14. The van der Waals surface area contributed by atoms with Crippen molar-refractivity contribution < 1.29 is 14.4 Å². The van der Waals surface area contributed by atoms with Gasteiger partial charge in [0.05, 0.1) is 28.8 Å². The maximum absolute atomic E-state index is 12.9. The third-order valence-corrected chi connectivity index (χ3v) is 8.07. The van der Waals surface area contributed by atoms with Gasteiger partial charge in [-0.3, -0.25) is 19.8 Å². The first-order valence-electron chi connectivity index (χ1n) is 11.4. The molecule has 5 heterocycles. The zero-order chi connectivity index (χ0) is 23.6. The highest BCUT2D eigenvalue weighted by molar-refractivity contribution is 6.43. The van der Waals surface area contributed by atoms with Gasteiger partial charge >= 0.3 is 6.03 Å². The molecule has 0 radical (unpaired) electrons. The molecular weight excluding hydrogens is 477 g/mol. The van der Waals surface area contributed by atoms with E-state index >= 15 is 0 Å². The van der Waals surface area contributed by atoms with E-state index in [0.29, 0.717) is 34.2 Å². The fraction of sp³-hybridized carbons (Fsp3) is 0.375. The number of hydrazine groups is 1. The third-order valence-electron chi connectivity index (χ3n) is 7.26. The highest BCUT2D eigenvalue weighted by Crippen LogP contribution is 2.40. The summed E-state index contributed by atoms with van der Waals surface area (Å²) in [6.45, 7) is 3.15. The van der Waals surface area contributed by atoms with Crippen LogP contribution in [0.3, 0.4) is 0 Å². The summed E-state index contributed by atoms with van der Waals surface area (Å²) in [5.74, 6) is -0.523. The van der Waals surface area contributed by atoms with E-state index in [9.17, 15) is 14.4 Å². The Morgan fingerprint density at radius 1 is 1.00 bits per heavy atom. The minimum atomic E-state index is -0.546. The number of carbonyl (C=O) groups excluding carboxylic acids is 3. The van der Waals surface area contributed by atoms with E-state index < -0.39 is 6.03 Å². The first-order valence-corrected chi connectivity index (χ1v) is 12.1. The predicted octanol–water partition coefficient (Wildman–Crippen LogP) is 3.27. The van der Waals surface area contributed by atoms with E-state index in [0.717, 1.165) is 42.9 Å². The van der Waals surface area contributed by atoms with E-state index in [2.05, 4.69) is 21.2 Å². The highest BCUT2D eigenvalue weighted by Gasteiger charge is 2.45. The number of piperazine rings is 1. The van der Waals surface area contributed by atoms with Crippen LogP contribution in [0.15, 0.2) is 36.4 Å². The van der Waals surface area contributed by atoms with Gasteiger partial charge in [-0.25, -0.2) is 14.8 Å². The number of urea groups is 1. The smallest absolute Gasteiger partial charge is 0.342 e. The molecule has 0 saturated carbocycles. The van der Waals surface area contributed by atoms with Crippen molar-refractivity contribution in [3.8, 4) is 0 Å². The zero-order valence-corrected chi connectivity index (χ0v) is 19.8. The highest BCUT2D eigenvalue weighted by atomic mass is 35.5. The fourth-order valence-electron chi connectivity index (χ4n) is 5.53. The van der Waals surface area contributed by atoms with Gasteiger partial charge in [0.15, 0.2) is 0 Å². The van der Waals surface area contributed by atoms with Gasteiger partial charge in [0, 0.05) is 43.7 Å². The minimum absolute atomic E-state index is 0.187. The summed E-state index contributed by atoms with van der Waals surface area (Å²) in [6.07, 6.45) is 1.35. The number of amides is 4. The lowest BCUT2D eigenvalue weighted by atomic mass is 9.86. The number of piperidine rings is 1. The molecule has 5 aliphatic heterocycles. The van der Waals surface area contributed by atoms with Gasteiger partial charge in [0.1, 0.15) is 0 Å². The molecule has 10 heteroatoms. The second-order valence-electron chi connectivity index (χ2n) is 9.27. The van der Waals surface area contributed by atoms with Crippen LogP contribution in [0, 0.1) is 0 Å². The molecule has 5 aliphatic rings. The van der Waals surface area contributed by atoms with Gasteiger partial charge in [-0.1, -0.05) is 41.4 Å². The molecule has 0 spiro atoms. The molecule has 2 bridgehead atoms. The Balaban J connectivity index is 1.13. The van der Waals surface area contributed by atoms with Crippen LogP contribution >= 0.6 is 23.2 Å². The Labute approximate surface area is 206 Å². The molecule has 4 fully saturated rings. The van der Waals surface area contributed by atoms with Crippen LogP contribution in [0.1, 0.15) is 34.3 Å². The van der Waals surface area contributed by atoms with Gasteiger partial charge in [0.25, 0.3) is 5.91 Å². The van der Waals surface area contributed by atoms with E-state index in [-0.39, 0.29) is 24.8 Å². The molecular formula is C24H23Cl2N5O3. The molecule has 7 rings (SSSR count). The van der Waals surface area contributed by atoms with Crippen LogP contribution in [0.25, 0.3) is 0 Å². The molecule has 176 valence electrons. The Kier molecular flexibility index (Phi) is 5.20. The maximum atomic E-state index is 12.9. The van der Waals surface area contributed by atoms with E-state index in [4.69, 9.17) is 23.2 Å². The number of fused-ring (bicyclic) bond motifs is 3. The first kappa shape index (κ1) is 21.7. The molecule has 8 nitrogen and oxygen atoms in total. The minimum Gasteiger partial charge on any atom is -0.367 e. The van der Waals surface area contributed by atoms with Crippen LogP contribution in [-0.2, 0) is 17.9 Å². The van der Waals surface area contributed by atoms with Crippen molar-refractivity contribution in [2.75, 3.05) is 24.5 Å². The van der Waals surface area contributed by atoms with Crippen LogP contribution < -0.4 is 10.2 Å². The zero-order valence-electron chi connectivity index (χ0n) is 18.3. The van der Waals surface area contributed by atoms with Crippen molar-refractivity contribution in [2.45, 2.75) is 38.0 Å². The lowest BCUT2D eigenvalue weighted by Gasteiger charge is -2.57. The fourth-order valence-corrected chi connectivity index (χ4v) is 5.94. The molecule has 2 atom stereocenters. The SMILES string of the molecule is O=C1CCN(N2Cc3cc(CN4C5CC4CN(c4cccc(Cl)c4Cl)C5)ccc3C2=O)C(=O)N1. The summed E-state index contributed by atoms with van der Waals surface area (Å²) in [4.78, 5) is 41.4. The van der Waals surface area contributed by atoms with E-state index in [1.165, 1.54) is 10.0 Å². The molecule has 0 aromatic heterocycles. The number of halogens is 2. The van der Waals surface area contributed by atoms with Gasteiger partial charge in [-0.2, -0.15) is 0 Å². The normalized spacial score (nSPS) is 24.3. The molecule has 2 aromatic carbocycles. The monoisotopic (exact) mass is 499 g/mol. The van der Waals surface area contributed by atoms with Gasteiger partial charge in [-0.05, 0) is 35.7 Å². The summed E-state index contributed by atoms with van der Waals surface area (Å²) in [6, 6.07) is 12.0. The van der Waals surface area contributed by atoms with Crippen LogP contribution in [-0.4, -0.2) is 64.5 Å². The summed E-state index contributed by atoms with van der Waals surface area (Å²) in [5, 5.41) is 6.23. The summed E-state index contributed by atoms with van der Waals surface area (Å²) < 4.78 is 0. The topological polar surface area (TPSA) is 76.2 Å². The molecule has 4 saturated heterocycles. The first-order chi connectivity index (χ1) is 16.4. The Morgan fingerprint density at radius 2 is 1.79 bits per heavy atom. The molecule has 4 amide bonds. The number of anilines is 1. The summed E-state index contributed by atoms with van der Waals surface area (Å²) >= 11 is 12.7. The van der Waals surface area contributed by atoms with E-state index in [1.54, 1.807) is 6.07 Å². The van der Waals surface area contributed by atoms with Crippen LogP contribution in [0.5, 0.6) is 0 Å². The summed E-state index contributed by atoms with van der Waals surface area (Å²) in [7, 11) is 0. The molecule has 2 unspecified atom stereocenters. The number of hydrogen-bond donors (Lipinski definition) is 1. The van der Waals surface area contributed by atoms with Gasteiger partial charge < -0.3 is 4.90 Å².